The minimum atomic E-state index is -5.60. The Hall–Kier alpha value is -3.49. The average molecular weight is 948 g/mol. The second kappa shape index (κ2) is 21.3. The fourth-order valence-electron chi connectivity index (χ4n) is 5.10. The molecule has 26 nitrogen and oxygen atoms in total. The summed E-state index contributed by atoms with van der Waals surface area (Å²) in [6.07, 6.45) is -3.27. The van der Waals surface area contributed by atoms with Crippen molar-refractivity contribution in [3.05, 3.63) is 36.5 Å². The van der Waals surface area contributed by atoms with Crippen LogP contribution in [0.15, 0.2) is 36.5 Å². The number of nitrogens with one attached hydrogen (secondary N) is 2. The van der Waals surface area contributed by atoms with E-state index in [1.165, 1.54) is 26.0 Å². The number of ether oxygens (including phenoxy) is 1. The van der Waals surface area contributed by atoms with Crippen LogP contribution in [0.2, 0.25) is 0 Å². The number of anilines is 1. The van der Waals surface area contributed by atoms with E-state index in [0.29, 0.717) is 5.57 Å². The first kappa shape index (κ1) is 51.9. The molecule has 0 aliphatic carbocycles. The van der Waals surface area contributed by atoms with Gasteiger partial charge in [0.05, 0.1) is 19.5 Å². The van der Waals surface area contributed by atoms with Gasteiger partial charge in [0.25, 0.3) is 0 Å². The highest BCUT2D eigenvalue weighted by Crippen LogP contribution is 2.61. The van der Waals surface area contributed by atoms with Gasteiger partial charge in [-0.25, -0.2) is 33.4 Å². The molecule has 1 saturated heterocycles. The maximum absolute atomic E-state index is 12.7. The fraction of sp³-hybridized carbons (Fsp3) is 0.581. The Morgan fingerprint density at radius 2 is 1.69 bits per heavy atom. The SMILES string of the molecule is C/C(=C\C(=O)SCCNC(=O)CCNC(=O)[C@H](O)C(C)(C)COP(=O)(O)OP(=O)(O)OC[C@H]1O[C@@H](n2cnc3c(N)ncnc32)[C@H](O)[C@@H]1OP(=O)(O)O)C(C)(C)/C=C/C(=O)O. The van der Waals surface area contributed by atoms with Crippen LogP contribution in [-0.4, -0.2) is 134 Å². The van der Waals surface area contributed by atoms with Gasteiger partial charge < -0.3 is 56.0 Å². The summed E-state index contributed by atoms with van der Waals surface area (Å²) in [5.74, 6) is -2.47. The van der Waals surface area contributed by atoms with Crippen LogP contribution < -0.4 is 16.4 Å². The predicted octanol–water partition coefficient (Wildman–Crippen LogP) is 0.278. The predicted molar refractivity (Wildman–Crippen MR) is 211 cm³/mol. The lowest BCUT2D eigenvalue weighted by molar-refractivity contribution is -0.137. The number of phosphoric acid groups is 3. The first-order valence-corrected chi connectivity index (χ1v) is 23.2. The second-order valence-electron chi connectivity index (χ2n) is 14.5. The molecule has 0 spiro atoms. The summed E-state index contributed by atoms with van der Waals surface area (Å²) in [4.78, 5) is 98.9. The zero-order valence-electron chi connectivity index (χ0n) is 33.2. The fourth-order valence-corrected chi connectivity index (χ4v) is 8.59. The third-order valence-electron chi connectivity index (χ3n) is 8.74. The van der Waals surface area contributed by atoms with E-state index in [-0.39, 0.29) is 47.4 Å². The summed E-state index contributed by atoms with van der Waals surface area (Å²) in [5.41, 5.74) is 4.15. The van der Waals surface area contributed by atoms with Gasteiger partial charge in [0, 0.05) is 42.2 Å². The minimum Gasteiger partial charge on any atom is -0.478 e. The monoisotopic (exact) mass is 947 g/mol. The van der Waals surface area contributed by atoms with Gasteiger partial charge in [0.15, 0.2) is 17.7 Å². The largest absolute Gasteiger partial charge is 0.481 e. The highest BCUT2D eigenvalue weighted by molar-refractivity contribution is 8.14. The van der Waals surface area contributed by atoms with Crippen molar-refractivity contribution in [2.75, 3.05) is 37.8 Å². The molecule has 61 heavy (non-hydrogen) atoms. The number of carbonyl (C=O) groups excluding carboxylic acids is 3. The number of rotatable bonds is 23. The van der Waals surface area contributed by atoms with Crippen LogP contribution >= 0.6 is 35.2 Å². The average Bonchev–Trinajstić information content (AvgIpc) is 3.70. The summed E-state index contributed by atoms with van der Waals surface area (Å²) in [5, 5.41) is 34.9. The molecule has 0 bridgehead atoms. The van der Waals surface area contributed by atoms with Gasteiger partial charge >= 0.3 is 29.4 Å². The number of allylic oxidation sites excluding steroid dienone is 2. The van der Waals surface area contributed by atoms with Crippen LogP contribution in [-0.2, 0) is 55.5 Å². The molecular formula is C31H48N7O19P3S. The molecule has 3 rings (SSSR count). The molecule has 1 aliphatic heterocycles. The molecule has 30 heteroatoms. The van der Waals surface area contributed by atoms with Crippen molar-refractivity contribution in [1.82, 2.24) is 30.2 Å². The van der Waals surface area contributed by atoms with Gasteiger partial charge in [-0.1, -0.05) is 51.1 Å². The molecule has 2 aromatic rings. The number of nitrogens with zero attached hydrogens (tertiary/aromatic N) is 4. The number of aliphatic hydroxyl groups is 2. The zero-order valence-corrected chi connectivity index (χ0v) is 36.7. The number of carboxylic acids is 1. The van der Waals surface area contributed by atoms with Gasteiger partial charge in [-0.15, -0.1) is 0 Å². The number of aliphatic hydroxyl groups excluding tert-OH is 2. The molecule has 0 aromatic carbocycles. The van der Waals surface area contributed by atoms with Crippen LogP contribution in [0.25, 0.3) is 11.2 Å². The number of phosphoric ester groups is 3. The van der Waals surface area contributed by atoms with Gasteiger partial charge in [0.2, 0.25) is 16.9 Å². The molecule has 2 amide bonds. The van der Waals surface area contributed by atoms with Gasteiger partial charge in [0.1, 0.15) is 36.3 Å². The number of thioether (sulfide) groups is 1. The lowest BCUT2D eigenvalue weighted by Gasteiger charge is -2.30. The van der Waals surface area contributed by atoms with E-state index in [1.54, 1.807) is 20.8 Å². The number of imidazole rings is 1. The lowest BCUT2D eigenvalue weighted by atomic mass is 9.84. The molecule has 7 atom stereocenters. The van der Waals surface area contributed by atoms with E-state index in [2.05, 4.69) is 34.4 Å². The first-order valence-electron chi connectivity index (χ1n) is 17.7. The van der Waals surface area contributed by atoms with Crippen LogP contribution in [0.5, 0.6) is 0 Å². The van der Waals surface area contributed by atoms with Crippen LogP contribution in [0, 0.1) is 10.8 Å². The number of hydrogen-bond donors (Lipinski definition) is 10. The Bertz CT molecular complexity index is 2130. The smallest absolute Gasteiger partial charge is 0.478 e. The summed E-state index contributed by atoms with van der Waals surface area (Å²) in [6, 6.07) is 0. The molecular weight excluding hydrogens is 899 g/mol. The maximum Gasteiger partial charge on any atom is 0.481 e. The standard InChI is InChI=1S/C31H48N7O19P3S/c1-17(30(2,3)8-6-20(40)41)12-21(42)61-11-10-33-19(39)7-9-34-28(45)25(44)31(4,5)14-54-60(51,52)57-59(49,50)53-13-18-24(56-58(46,47)48)23(43)29(55-18)38-16-37-22-26(32)35-15-36-27(22)38/h6,8,12,15-16,18,23-25,29,43-44H,7,9-11,13-14H2,1-5H3,(H,33,39)(H,34,45)(H,40,41)(H,49,50)(H,51,52)(H2,32,35,36)(H2,46,47,48)/b8-6+,17-12+/t18-,23-,24-,25+,29-/m1/s1. The molecule has 2 aromatic heterocycles. The molecule has 0 saturated carbocycles. The van der Waals surface area contributed by atoms with E-state index in [4.69, 9.17) is 24.6 Å². The zero-order chi connectivity index (χ0) is 46.1. The second-order valence-corrected chi connectivity index (χ2v) is 19.8. The summed E-state index contributed by atoms with van der Waals surface area (Å²) in [7, 11) is -16.5. The highest BCUT2D eigenvalue weighted by Gasteiger charge is 2.50. The van der Waals surface area contributed by atoms with E-state index in [9.17, 15) is 62.7 Å². The lowest BCUT2D eigenvalue weighted by Crippen LogP contribution is -2.46. The van der Waals surface area contributed by atoms with Crippen molar-refractivity contribution in [3.8, 4) is 0 Å². The quantitative estimate of drug-likeness (QED) is 0.0406. The van der Waals surface area contributed by atoms with E-state index < -0.39 is 95.9 Å². The molecule has 2 unspecified atom stereocenters. The van der Waals surface area contributed by atoms with Crippen molar-refractivity contribution in [1.29, 1.82) is 0 Å². The summed E-state index contributed by atoms with van der Waals surface area (Å²) < 4.78 is 62.2. The number of nitrogens with two attached hydrogens (primary N) is 1. The van der Waals surface area contributed by atoms with E-state index >= 15 is 0 Å². The third-order valence-corrected chi connectivity index (χ3v) is 12.6. The van der Waals surface area contributed by atoms with Gasteiger partial charge in [-0.2, -0.15) is 4.31 Å². The number of aromatic nitrogens is 4. The molecule has 11 N–H and O–H groups in total. The normalized spacial score (nSPS) is 21.5. The highest BCUT2D eigenvalue weighted by atomic mass is 32.2. The van der Waals surface area contributed by atoms with Crippen molar-refractivity contribution in [2.24, 2.45) is 10.8 Å². The summed E-state index contributed by atoms with van der Waals surface area (Å²) in [6.45, 7) is 5.42. The molecule has 0 radical (unpaired) electrons. The van der Waals surface area contributed by atoms with Crippen molar-refractivity contribution >= 4 is 75.1 Å². The topological polar surface area (TPSA) is 401 Å². The number of aliphatic carboxylic acids is 1. The number of carbonyl (C=O) groups is 4. The minimum absolute atomic E-state index is 0.0194. The van der Waals surface area contributed by atoms with Crippen LogP contribution in [0.4, 0.5) is 5.82 Å². The Labute approximate surface area is 351 Å². The van der Waals surface area contributed by atoms with Gasteiger partial charge in [-0.3, -0.25) is 32.5 Å². The molecule has 342 valence electrons. The number of amides is 2. The maximum atomic E-state index is 12.7. The molecule has 1 fully saturated rings. The van der Waals surface area contributed by atoms with Crippen molar-refractivity contribution in [2.45, 2.75) is 71.7 Å². The van der Waals surface area contributed by atoms with Gasteiger partial charge in [-0.05, 0) is 13.0 Å². The van der Waals surface area contributed by atoms with Crippen LogP contribution in [0.1, 0.15) is 47.3 Å². The Balaban J connectivity index is 1.46. The number of carboxylic acid groups (broad SMARTS) is 1. The number of nitrogen functional groups attached to an aromatic ring is 1. The first-order chi connectivity index (χ1) is 28.0. The molecule has 1 aliphatic rings. The van der Waals surface area contributed by atoms with E-state index in [0.717, 1.165) is 35.1 Å². The third kappa shape index (κ3) is 16.0. The molecule has 3 heterocycles. The summed E-state index contributed by atoms with van der Waals surface area (Å²) >= 11 is 0.922. The van der Waals surface area contributed by atoms with Crippen molar-refractivity contribution < 1.29 is 90.4 Å². The Morgan fingerprint density at radius 3 is 2.33 bits per heavy atom. The number of fused-ring (bicyclic) bond motifs is 1. The van der Waals surface area contributed by atoms with Crippen molar-refractivity contribution in [3.63, 3.8) is 0 Å². The Morgan fingerprint density at radius 1 is 1.03 bits per heavy atom. The number of hydrogen-bond acceptors (Lipinski definition) is 19. The van der Waals surface area contributed by atoms with Crippen LogP contribution in [0.3, 0.4) is 0 Å². The Kier molecular flexibility index (Phi) is 18.1. The van der Waals surface area contributed by atoms with E-state index in [1.807, 2.05) is 0 Å².